The van der Waals surface area contributed by atoms with Crippen LogP contribution in [0.3, 0.4) is 0 Å². The number of nitrogens with one attached hydrogen (secondary N) is 2. The Balaban J connectivity index is 2.27. The Bertz CT molecular complexity index is 510. The van der Waals surface area contributed by atoms with Crippen LogP contribution in [0.15, 0.2) is 6.33 Å². The van der Waals surface area contributed by atoms with Gasteiger partial charge in [-0.1, -0.05) is 6.92 Å². The van der Waals surface area contributed by atoms with Crippen molar-refractivity contribution in [1.82, 2.24) is 19.6 Å². The van der Waals surface area contributed by atoms with Gasteiger partial charge in [0, 0.05) is 31.4 Å². The summed E-state index contributed by atoms with van der Waals surface area (Å²) in [6, 6.07) is 0.103. The Morgan fingerprint density at radius 2 is 2.10 bits per heavy atom. The average molecular weight is 302 g/mol. The van der Waals surface area contributed by atoms with E-state index in [2.05, 4.69) is 19.6 Å². The number of aryl methyl sites for hydroxylation is 1. The zero-order valence-corrected chi connectivity index (χ0v) is 13.6. The van der Waals surface area contributed by atoms with E-state index in [9.17, 15) is 8.42 Å². The molecule has 0 bridgehead atoms. The zero-order valence-electron chi connectivity index (χ0n) is 12.8. The quantitative estimate of drug-likeness (QED) is 0.708. The first kappa shape index (κ1) is 17.1. The maximum Gasteiger partial charge on any atom is 0.211 e. The van der Waals surface area contributed by atoms with E-state index in [1.165, 1.54) is 5.69 Å². The Morgan fingerprint density at radius 1 is 1.40 bits per heavy atom. The molecule has 0 unspecified atom stereocenters. The minimum absolute atomic E-state index is 0.103. The predicted molar refractivity (Wildman–Crippen MR) is 81.2 cm³/mol. The van der Waals surface area contributed by atoms with Gasteiger partial charge in [0.1, 0.15) is 0 Å². The van der Waals surface area contributed by atoms with Crippen molar-refractivity contribution in [2.75, 3.05) is 18.8 Å². The van der Waals surface area contributed by atoms with Crippen molar-refractivity contribution in [1.29, 1.82) is 0 Å². The van der Waals surface area contributed by atoms with Crippen LogP contribution in [0.5, 0.6) is 0 Å². The van der Waals surface area contributed by atoms with Crippen LogP contribution in [-0.2, 0) is 16.6 Å². The lowest BCUT2D eigenvalue weighted by Crippen LogP contribution is -2.40. The standard InChI is InChI=1S/C13H26N4O2S/c1-5-8-20(18,19)16-9-11(2)14-6-7-17-10-15-12(3)13(17)4/h10-11,14,16H,5-9H2,1-4H3/t11-/m0/s1. The van der Waals surface area contributed by atoms with Gasteiger partial charge in [-0.15, -0.1) is 0 Å². The molecule has 6 nitrogen and oxygen atoms in total. The Hall–Kier alpha value is -0.920. The van der Waals surface area contributed by atoms with Crippen LogP contribution in [0.25, 0.3) is 0 Å². The van der Waals surface area contributed by atoms with E-state index in [0.717, 1.165) is 18.8 Å². The molecule has 0 spiro atoms. The summed E-state index contributed by atoms with van der Waals surface area (Å²) < 4.78 is 27.8. The summed E-state index contributed by atoms with van der Waals surface area (Å²) in [5.74, 6) is 0.188. The van der Waals surface area contributed by atoms with E-state index >= 15 is 0 Å². The topological polar surface area (TPSA) is 76.0 Å². The fraction of sp³-hybridized carbons (Fsp3) is 0.769. The highest BCUT2D eigenvalue weighted by Gasteiger charge is 2.10. The van der Waals surface area contributed by atoms with Crippen LogP contribution >= 0.6 is 0 Å². The molecule has 0 aliphatic heterocycles. The number of rotatable bonds is 9. The third kappa shape index (κ3) is 5.60. The lowest BCUT2D eigenvalue weighted by Gasteiger charge is -2.15. The van der Waals surface area contributed by atoms with Crippen molar-refractivity contribution in [3.63, 3.8) is 0 Å². The molecule has 1 heterocycles. The van der Waals surface area contributed by atoms with Gasteiger partial charge in [-0.05, 0) is 27.2 Å². The summed E-state index contributed by atoms with van der Waals surface area (Å²) in [5.41, 5.74) is 2.22. The summed E-state index contributed by atoms with van der Waals surface area (Å²) in [7, 11) is -3.11. The van der Waals surface area contributed by atoms with Crippen LogP contribution in [0.2, 0.25) is 0 Å². The highest BCUT2D eigenvalue weighted by Crippen LogP contribution is 2.03. The summed E-state index contributed by atoms with van der Waals surface area (Å²) in [5, 5.41) is 3.31. The third-order valence-corrected chi connectivity index (χ3v) is 4.83. The highest BCUT2D eigenvalue weighted by atomic mass is 32.2. The van der Waals surface area contributed by atoms with E-state index in [1.807, 2.05) is 34.0 Å². The van der Waals surface area contributed by atoms with Gasteiger partial charge in [0.25, 0.3) is 0 Å². The first-order valence-electron chi connectivity index (χ1n) is 7.04. The van der Waals surface area contributed by atoms with Crippen molar-refractivity contribution >= 4 is 10.0 Å². The molecular formula is C13H26N4O2S. The lowest BCUT2D eigenvalue weighted by molar-refractivity contribution is 0.499. The van der Waals surface area contributed by atoms with Gasteiger partial charge in [-0.25, -0.2) is 18.1 Å². The van der Waals surface area contributed by atoms with E-state index < -0.39 is 10.0 Å². The molecule has 1 rings (SSSR count). The van der Waals surface area contributed by atoms with Gasteiger partial charge in [0.15, 0.2) is 0 Å². The molecule has 7 heteroatoms. The van der Waals surface area contributed by atoms with Crippen molar-refractivity contribution in [3.8, 4) is 0 Å². The second-order valence-electron chi connectivity index (χ2n) is 5.13. The van der Waals surface area contributed by atoms with Gasteiger partial charge in [0.2, 0.25) is 10.0 Å². The Morgan fingerprint density at radius 3 is 2.65 bits per heavy atom. The van der Waals surface area contributed by atoms with Crippen LogP contribution in [0, 0.1) is 13.8 Å². The minimum atomic E-state index is -3.11. The molecule has 0 saturated carbocycles. The van der Waals surface area contributed by atoms with Gasteiger partial charge in [0.05, 0.1) is 17.8 Å². The molecule has 2 N–H and O–H groups in total. The number of imidazole rings is 1. The van der Waals surface area contributed by atoms with E-state index in [0.29, 0.717) is 13.0 Å². The maximum absolute atomic E-state index is 11.5. The normalized spacial score (nSPS) is 13.6. The molecule has 1 atom stereocenters. The molecule has 0 aliphatic rings. The molecule has 0 amide bonds. The second kappa shape index (κ2) is 7.75. The molecule has 0 fully saturated rings. The average Bonchev–Trinajstić information content (AvgIpc) is 2.68. The number of nitrogens with zero attached hydrogens (tertiary/aromatic N) is 2. The van der Waals surface area contributed by atoms with Crippen molar-refractivity contribution in [3.05, 3.63) is 17.7 Å². The minimum Gasteiger partial charge on any atom is -0.333 e. The monoisotopic (exact) mass is 302 g/mol. The van der Waals surface area contributed by atoms with Crippen molar-refractivity contribution in [2.24, 2.45) is 0 Å². The zero-order chi connectivity index (χ0) is 15.2. The largest absolute Gasteiger partial charge is 0.333 e. The number of hydrogen-bond donors (Lipinski definition) is 2. The maximum atomic E-state index is 11.5. The van der Waals surface area contributed by atoms with Gasteiger partial charge in [-0.3, -0.25) is 0 Å². The van der Waals surface area contributed by atoms with Crippen molar-refractivity contribution < 1.29 is 8.42 Å². The van der Waals surface area contributed by atoms with Crippen LogP contribution in [0.4, 0.5) is 0 Å². The Labute approximate surface area is 122 Å². The predicted octanol–water partition coefficient (Wildman–Crippen LogP) is 0.807. The van der Waals surface area contributed by atoms with Crippen LogP contribution in [0.1, 0.15) is 31.7 Å². The fourth-order valence-corrected chi connectivity index (χ4v) is 3.05. The summed E-state index contributed by atoms with van der Waals surface area (Å²) in [4.78, 5) is 4.25. The van der Waals surface area contributed by atoms with Gasteiger partial charge in [-0.2, -0.15) is 0 Å². The van der Waals surface area contributed by atoms with E-state index in [4.69, 9.17) is 0 Å². The molecule has 20 heavy (non-hydrogen) atoms. The fourth-order valence-electron chi connectivity index (χ4n) is 1.87. The van der Waals surface area contributed by atoms with Crippen molar-refractivity contribution in [2.45, 2.75) is 46.7 Å². The SMILES string of the molecule is CCCS(=O)(=O)NC[C@H](C)NCCn1cnc(C)c1C. The molecule has 0 aliphatic carbocycles. The van der Waals surface area contributed by atoms with E-state index in [-0.39, 0.29) is 11.8 Å². The van der Waals surface area contributed by atoms with Crippen LogP contribution in [-0.4, -0.2) is 42.9 Å². The third-order valence-electron chi connectivity index (χ3n) is 3.27. The smallest absolute Gasteiger partial charge is 0.211 e. The number of aromatic nitrogens is 2. The molecule has 1 aromatic rings. The highest BCUT2D eigenvalue weighted by molar-refractivity contribution is 7.89. The molecule has 1 aromatic heterocycles. The van der Waals surface area contributed by atoms with E-state index in [1.54, 1.807) is 0 Å². The molecule has 0 saturated heterocycles. The number of hydrogen-bond acceptors (Lipinski definition) is 4. The lowest BCUT2D eigenvalue weighted by atomic mass is 10.3. The van der Waals surface area contributed by atoms with Gasteiger partial charge < -0.3 is 9.88 Å². The first-order chi connectivity index (χ1) is 9.35. The first-order valence-corrected chi connectivity index (χ1v) is 8.70. The van der Waals surface area contributed by atoms with Gasteiger partial charge >= 0.3 is 0 Å². The summed E-state index contributed by atoms with van der Waals surface area (Å²) >= 11 is 0. The molecule has 116 valence electrons. The Kier molecular flexibility index (Phi) is 6.64. The summed E-state index contributed by atoms with van der Waals surface area (Å²) in [6.45, 7) is 9.90. The number of sulfonamides is 1. The molecule has 0 radical (unpaired) electrons. The molecule has 0 aromatic carbocycles. The second-order valence-corrected chi connectivity index (χ2v) is 7.06. The van der Waals surface area contributed by atoms with Crippen LogP contribution < -0.4 is 10.0 Å². The summed E-state index contributed by atoms with van der Waals surface area (Å²) in [6.07, 6.45) is 2.47. The molecular weight excluding hydrogens is 276 g/mol.